The highest BCUT2D eigenvalue weighted by Gasteiger charge is 2.37. The third kappa shape index (κ3) is 3.97. The van der Waals surface area contributed by atoms with Crippen LogP contribution in [0, 0.1) is 17.8 Å². The van der Waals surface area contributed by atoms with Crippen molar-refractivity contribution in [2.45, 2.75) is 58.9 Å². The molecule has 3 unspecified atom stereocenters. The highest BCUT2D eigenvalue weighted by atomic mass is 16.5. The summed E-state index contributed by atoms with van der Waals surface area (Å²) in [5.41, 5.74) is 2.92. The number of nitrogens with zero attached hydrogens (tertiary/aromatic N) is 1. The van der Waals surface area contributed by atoms with Crippen LogP contribution in [0.15, 0.2) is 12.1 Å². The van der Waals surface area contributed by atoms with Gasteiger partial charge in [-0.05, 0) is 60.3 Å². The van der Waals surface area contributed by atoms with Gasteiger partial charge in [0, 0.05) is 19.1 Å². The van der Waals surface area contributed by atoms with Crippen molar-refractivity contribution in [3.05, 3.63) is 23.3 Å². The third-order valence-electron chi connectivity index (χ3n) is 6.34. The van der Waals surface area contributed by atoms with E-state index in [1.165, 1.54) is 49.9 Å². The molecule has 140 valence electrons. The van der Waals surface area contributed by atoms with Gasteiger partial charge in [0.2, 0.25) is 0 Å². The Morgan fingerprint density at radius 3 is 2.56 bits per heavy atom. The molecule has 1 aromatic carbocycles. The van der Waals surface area contributed by atoms with Gasteiger partial charge in [-0.3, -0.25) is 4.90 Å². The predicted octanol–water partition coefficient (Wildman–Crippen LogP) is 5.09. The number of fused-ring (bicyclic) bond motifs is 3. The Morgan fingerprint density at radius 2 is 1.88 bits per heavy atom. The molecule has 0 N–H and O–H groups in total. The SMILES string of the molecule is COc1cc2c(cc1OC)C1CC(C)C(CCCC(C)C)CN1CC2. The summed E-state index contributed by atoms with van der Waals surface area (Å²) in [5.74, 6) is 4.22. The molecule has 3 heteroatoms. The Bertz CT molecular complexity index is 584. The van der Waals surface area contributed by atoms with Gasteiger partial charge in [0.1, 0.15) is 0 Å². The van der Waals surface area contributed by atoms with E-state index in [1.807, 2.05) is 0 Å². The van der Waals surface area contributed by atoms with Crippen molar-refractivity contribution in [1.82, 2.24) is 4.90 Å². The van der Waals surface area contributed by atoms with Gasteiger partial charge in [0.15, 0.2) is 11.5 Å². The maximum Gasteiger partial charge on any atom is 0.161 e. The minimum atomic E-state index is 0.555. The molecule has 3 rings (SSSR count). The van der Waals surface area contributed by atoms with Crippen LogP contribution in [0.4, 0.5) is 0 Å². The Labute approximate surface area is 153 Å². The second-order valence-electron chi connectivity index (χ2n) is 8.46. The molecule has 2 aliphatic rings. The lowest BCUT2D eigenvalue weighted by Gasteiger charge is -2.46. The van der Waals surface area contributed by atoms with Gasteiger partial charge in [-0.2, -0.15) is 0 Å². The smallest absolute Gasteiger partial charge is 0.161 e. The van der Waals surface area contributed by atoms with Gasteiger partial charge in [-0.25, -0.2) is 0 Å². The average molecular weight is 346 g/mol. The maximum absolute atomic E-state index is 5.56. The summed E-state index contributed by atoms with van der Waals surface area (Å²) < 4.78 is 11.1. The van der Waals surface area contributed by atoms with Crippen LogP contribution in [-0.4, -0.2) is 32.2 Å². The van der Waals surface area contributed by atoms with Crippen molar-refractivity contribution in [1.29, 1.82) is 0 Å². The van der Waals surface area contributed by atoms with Crippen LogP contribution in [0.2, 0.25) is 0 Å². The van der Waals surface area contributed by atoms with Crippen molar-refractivity contribution in [2.24, 2.45) is 17.8 Å². The molecule has 0 aromatic heterocycles. The number of ether oxygens (including phenoxy) is 2. The minimum absolute atomic E-state index is 0.555. The molecule has 1 saturated heterocycles. The molecule has 3 nitrogen and oxygen atoms in total. The van der Waals surface area contributed by atoms with E-state index in [2.05, 4.69) is 37.8 Å². The lowest BCUT2D eigenvalue weighted by molar-refractivity contribution is 0.0554. The molecule has 2 aliphatic heterocycles. The maximum atomic E-state index is 5.56. The van der Waals surface area contributed by atoms with Crippen LogP contribution in [0.3, 0.4) is 0 Å². The van der Waals surface area contributed by atoms with E-state index in [4.69, 9.17) is 9.47 Å². The van der Waals surface area contributed by atoms with E-state index in [-0.39, 0.29) is 0 Å². The summed E-state index contributed by atoms with van der Waals surface area (Å²) in [6.45, 7) is 9.58. The first-order valence-corrected chi connectivity index (χ1v) is 10.0. The van der Waals surface area contributed by atoms with Crippen LogP contribution in [0.25, 0.3) is 0 Å². The number of benzene rings is 1. The standard InChI is InChI=1S/C22H35NO2/c1-15(2)7-6-8-18-14-23-10-9-17-12-21(24-4)22(25-5)13-19(17)20(23)11-16(18)3/h12-13,15-16,18,20H,6-11,14H2,1-5H3. The van der Waals surface area contributed by atoms with Crippen LogP contribution < -0.4 is 9.47 Å². The third-order valence-corrected chi connectivity index (χ3v) is 6.34. The highest BCUT2D eigenvalue weighted by molar-refractivity contribution is 5.49. The van der Waals surface area contributed by atoms with Crippen molar-refractivity contribution < 1.29 is 9.47 Å². The molecule has 0 amide bonds. The average Bonchev–Trinajstić information content (AvgIpc) is 2.60. The normalized spacial score (nSPS) is 26.2. The Kier molecular flexibility index (Phi) is 5.93. The zero-order chi connectivity index (χ0) is 18.0. The molecule has 0 spiro atoms. The lowest BCUT2D eigenvalue weighted by Crippen LogP contribution is -2.45. The number of rotatable bonds is 6. The summed E-state index contributed by atoms with van der Waals surface area (Å²) in [5, 5.41) is 0. The Hall–Kier alpha value is -1.22. The molecule has 1 aromatic rings. The fraction of sp³-hybridized carbons (Fsp3) is 0.727. The van der Waals surface area contributed by atoms with Gasteiger partial charge in [0.25, 0.3) is 0 Å². The first-order chi connectivity index (χ1) is 12.0. The topological polar surface area (TPSA) is 21.7 Å². The van der Waals surface area contributed by atoms with Crippen LogP contribution in [0.5, 0.6) is 11.5 Å². The minimum Gasteiger partial charge on any atom is -0.493 e. The summed E-state index contributed by atoms with van der Waals surface area (Å²) in [6.07, 6.45) is 6.54. The summed E-state index contributed by atoms with van der Waals surface area (Å²) in [6, 6.07) is 4.99. The second kappa shape index (κ2) is 7.99. The highest BCUT2D eigenvalue weighted by Crippen LogP contribution is 2.45. The molecule has 2 heterocycles. The number of hydrogen-bond donors (Lipinski definition) is 0. The first-order valence-electron chi connectivity index (χ1n) is 10.0. The number of methoxy groups -OCH3 is 2. The summed E-state index contributed by atoms with van der Waals surface area (Å²) in [7, 11) is 3.46. The van der Waals surface area contributed by atoms with Crippen molar-refractivity contribution >= 4 is 0 Å². The summed E-state index contributed by atoms with van der Waals surface area (Å²) >= 11 is 0. The zero-order valence-corrected chi connectivity index (χ0v) is 16.7. The van der Waals surface area contributed by atoms with Gasteiger partial charge in [0.05, 0.1) is 14.2 Å². The van der Waals surface area contributed by atoms with Crippen LogP contribution >= 0.6 is 0 Å². The first kappa shape index (κ1) is 18.6. The molecule has 0 aliphatic carbocycles. The summed E-state index contributed by atoms with van der Waals surface area (Å²) in [4.78, 5) is 2.73. The molecule has 0 bridgehead atoms. The second-order valence-corrected chi connectivity index (χ2v) is 8.46. The lowest BCUT2D eigenvalue weighted by atomic mass is 9.76. The van der Waals surface area contributed by atoms with E-state index < -0.39 is 0 Å². The monoisotopic (exact) mass is 345 g/mol. The fourth-order valence-electron chi connectivity index (χ4n) is 4.76. The predicted molar refractivity (Wildman–Crippen MR) is 104 cm³/mol. The molecule has 0 radical (unpaired) electrons. The molecule has 1 fully saturated rings. The van der Waals surface area contributed by atoms with Gasteiger partial charge < -0.3 is 9.47 Å². The Morgan fingerprint density at radius 1 is 1.16 bits per heavy atom. The van der Waals surface area contributed by atoms with E-state index in [1.54, 1.807) is 14.2 Å². The van der Waals surface area contributed by atoms with Crippen molar-refractivity contribution in [3.8, 4) is 11.5 Å². The fourth-order valence-corrected chi connectivity index (χ4v) is 4.76. The Balaban J connectivity index is 1.74. The molecule has 25 heavy (non-hydrogen) atoms. The van der Waals surface area contributed by atoms with Crippen LogP contribution in [-0.2, 0) is 6.42 Å². The largest absolute Gasteiger partial charge is 0.493 e. The van der Waals surface area contributed by atoms with Gasteiger partial charge in [-0.1, -0.05) is 33.6 Å². The zero-order valence-electron chi connectivity index (χ0n) is 16.7. The van der Waals surface area contributed by atoms with Crippen LogP contribution in [0.1, 0.15) is 63.6 Å². The number of piperidine rings is 1. The van der Waals surface area contributed by atoms with Crippen molar-refractivity contribution in [2.75, 3.05) is 27.3 Å². The molecule has 3 atom stereocenters. The van der Waals surface area contributed by atoms with E-state index in [0.717, 1.165) is 35.7 Å². The molecule has 0 saturated carbocycles. The quantitative estimate of drug-likeness (QED) is 0.717. The molecular formula is C22H35NO2. The number of hydrogen-bond acceptors (Lipinski definition) is 3. The van der Waals surface area contributed by atoms with Gasteiger partial charge >= 0.3 is 0 Å². The van der Waals surface area contributed by atoms with E-state index >= 15 is 0 Å². The van der Waals surface area contributed by atoms with E-state index in [9.17, 15) is 0 Å². The van der Waals surface area contributed by atoms with Crippen molar-refractivity contribution in [3.63, 3.8) is 0 Å². The molecular weight excluding hydrogens is 310 g/mol. The van der Waals surface area contributed by atoms with Gasteiger partial charge in [-0.15, -0.1) is 0 Å². The van der Waals surface area contributed by atoms with E-state index in [0.29, 0.717) is 6.04 Å².